The summed E-state index contributed by atoms with van der Waals surface area (Å²) in [5, 5.41) is 3.79. The molecule has 0 amide bonds. The lowest BCUT2D eigenvalue weighted by molar-refractivity contribution is 0.253. The number of aromatic nitrogens is 3. The lowest BCUT2D eigenvalue weighted by Gasteiger charge is -2.31. The molecule has 0 saturated carbocycles. The van der Waals surface area contributed by atoms with E-state index in [0.29, 0.717) is 30.5 Å². The molecule has 2 aromatic heterocycles. The Balaban J connectivity index is 1.44. The lowest BCUT2D eigenvalue weighted by atomic mass is 9.98. The monoisotopic (exact) mass is 400 g/mol. The molecule has 0 atom stereocenters. The summed E-state index contributed by atoms with van der Waals surface area (Å²) in [6.45, 7) is 5.16. The fourth-order valence-electron chi connectivity index (χ4n) is 3.89. The normalized spacial score (nSPS) is 16.5. The van der Waals surface area contributed by atoms with E-state index in [1.54, 1.807) is 18.2 Å². The van der Waals surface area contributed by atoms with E-state index >= 15 is 0 Å². The molecule has 3 heterocycles. The number of aryl methyl sites for hydroxylation is 2. The van der Waals surface area contributed by atoms with Gasteiger partial charge in [0.1, 0.15) is 16.4 Å². The van der Waals surface area contributed by atoms with Crippen LogP contribution < -0.4 is 0 Å². The van der Waals surface area contributed by atoms with Gasteiger partial charge in [-0.3, -0.25) is 0 Å². The smallest absolute Gasteiger partial charge is 0.248 e. The number of sulfonamides is 1. The number of imidazole rings is 1. The summed E-state index contributed by atoms with van der Waals surface area (Å²) in [7, 11) is -3.56. The minimum atomic E-state index is -3.56. The third kappa shape index (κ3) is 3.49. The molecular weight excluding hydrogens is 376 g/mol. The largest absolute Gasteiger partial charge is 0.360 e. The van der Waals surface area contributed by atoms with Crippen molar-refractivity contribution in [3.63, 3.8) is 0 Å². The lowest BCUT2D eigenvalue weighted by Crippen LogP contribution is -2.39. The summed E-state index contributed by atoms with van der Waals surface area (Å²) >= 11 is 0. The van der Waals surface area contributed by atoms with Crippen LogP contribution in [0.1, 0.15) is 24.3 Å². The van der Waals surface area contributed by atoms with Crippen molar-refractivity contribution in [2.24, 2.45) is 5.92 Å². The van der Waals surface area contributed by atoms with Crippen LogP contribution >= 0.6 is 0 Å². The van der Waals surface area contributed by atoms with Crippen molar-refractivity contribution in [3.05, 3.63) is 54.2 Å². The molecule has 3 aromatic rings. The maximum atomic E-state index is 13.0. The number of hydrogen-bond acceptors (Lipinski definition) is 5. The third-order valence-electron chi connectivity index (χ3n) is 5.34. The van der Waals surface area contributed by atoms with Crippen molar-refractivity contribution in [2.75, 3.05) is 13.1 Å². The van der Waals surface area contributed by atoms with Crippen molar-refractivity contribution < 1.29 is 12.9 Å². The fourth-order valence-corrected chi connectivity index (χ4v) is 5.65. The number of rotatable bonds is 5. The van der Waals surface area contributed by atoms with Crippen LogP contribution in [-0.2, 0) is 16.6 Å². The summed E-state index contributed by atoms with van der Waals surface area (Å²) in [4.78, 5) is 4.71. The van der Waals surface area contributed by atoms with Gasteiger partial charge in [0.05, 0.1) is 0 Å². The molecule has 28 heavy (non-hydrogen) atoms. The van der Waals surface area contributed by atoms with Crippen LogP contribution in [-0.4, -0.2) is 40.5 Å². The minimum Gasteiger partial charge on any atom is -0.360 e. The zero-order valence-corrected chi connectivity index (χ0v) is 16.9. The van der Waals surface area contributed by atoms with Crippen molar-refractivity contribution in [1.29, 1.82) is 0 Å². The molecule has 0 N–H and O–H groups in total. The van der Waals surface area contributed by atoms with E-state index in [0.717, 1.165) is 30.8 Å². The summed E-state index contributed by atoms with van der Waals surface area (Å²) in [5.74, 6) is 1.71. The van der Waals surface area contributed by atoms with Gasteiger partial charge in [0.25, 0.3) is 0 Å². The SMILES string of the molecule is Cc1noc(C)c1S(=O)(=O)N1CCC(Cn2ccnc2-c2ccccc2)CC1. The average Bonchev–Trinajstić information content (AvgIpc) is 3.29. The first-order valence-corrected chi connectivity index (χ1v) is 10.9. The van der Waals surface area contributed by atoms with Gasteiger partial charge >= 0.3 is 0 Å². The van der Waals surface area contributed by atoms with Crippen LogP contribution in [0.2, 0.25) is 0 Å². The topological polar surface area (TPSA) is 81.2 Å². The zero-order chi connectivity index (χ0) is 19.7. The highest BCUT2D eigenvalue weighted by atomic mass is 32.2. The Bertz CT molecular complexity index is 1030. The molecule has 1 aliphatic heterocycles. The molecule has 1 aliphatic rings. The maximum absolute atomic E-state index is 13.0. The standard InChI is InChI=1S/C20H24N4O3S/c1-15-19(16(2)27-22-15)28(25,26)24-11-8-17(9-12-24)14-23-13-10-21-20(23)18-6-4-3-5-7-18/h3-7,10,13,17H,8-9,11-12,14H2,1-2H3. The van der Waals surface area contributed by atoms with Crippen LogP contribution in [0, 0.1) is 19.8 Å². The van der Waals surface area contributed by atoms with Crippen LogP contribution in [0.25, 0.3) is 11.4 Å². The highest BCUT2D eigenvalue weighted by Crippen LogP contribution is 2.29. The Morgan fingerprint density at radius 1 is 1.14 bits per heavy atom. The van der Waals surface area contributed by atoms with Gasteiger partial charge in [-0.15, -0.1) is 0 Å². The molecular formula is C20H24N4O3S. The quantitative estimate of drug-likeness (QED) is 0.657. The maximum Gasteiger partial charge on any atom is 0.248 e. The van der Waals surface area contributed by atoms with E-state index < -0.39 is 10.0 Å². The van der Waals surface area contributed by atoms with Gasteiger partial charge in [-0.05, 0) is 32.6 Å². The van der Waals surface area contributed by atoms with Crippen molar-refractivity contribution >= 4 is 10.0 Å². The second kappa shape index (κ2) is 7.52. The summed E-state index contributed by atoms with van der Waals surface area (Å²) in [6.07, 6.45) is 5.44. The highest BCUT2D eigenvalue weighted by Gasteiger charge is 2.33. The Labute approximate surface area is 165 Å². The minimum absolute atomic E-state index is 0.215. The number of piperidine rings is 1. The molecule has 1 fully saturated rings. The van der Waals surface area contributed by atoms with Crippen LogP contribution in [0.4, 0.5) is 0 Å². The van der Waals surface area contributed by atoms with Gasteiger partial charge in [0.15, 0.2) is 5.76 Å². The number of benzene rings is 1. The molecule has 148 valence electrons. The Kier molecular flexibility index (Phi) is 5.07. The van der Waals surface area contributed by atoms with E-state index in [-0.39, 0.29) is 4.90 Å². The second-order valence-corrected chi connectivity index (χ2v) is 9.14. The molecule has 0 spiro atoms. The van der Waals surface area contributed by atoms with Crippen LogP contribution in [0.15, 0.2) is 52.1 Å². The molecule has 1 saturated heterocycles. The van der Waals surface area contributed by atoms with E-state index in [1.165, 1.54) is 0 Å². The van der Waals surface area contributed by atoms with Gasteiger partial charge in [-0.25, -0.2) is 13.4 Å². The number of nitrogens with zero attached hydrogens (tertiary/aromatic N) is 4. The first-order chi connectivity index (χ1) is 13.5. The fraction of sp³-hybridized carbons (Fsp3) is 0.400. The first kappa shape index (κ1) is 18.9. The molecule has 0 aliphatic carbocycles. The van der Waals surface area contributed by atoms with E-state index in [1.807, 2.05) is 30.6 Å². The highest BCUT2D eigenvalue weighted by molar-refractivity contribution is 7.89. The second-order valence-electron chi connectivity index (χ2n) is 7.27. The van der Waals surface area contributed by atoms with Gasteiger partial charge in [0, 0.05) is 37.6 Å². The van der Waals surface area contributed by atoms with E-state index in [2.05, 4.69) is 26.8 Å². The van der Waals surface area contributed by atoms with Gasteiger partial charge < -0.3 is 9.09 Å². The molecule has 0 bridgehead atoms. The van der Waals surface area contributed by atoms with Crippen LogP contribution in [0.5, 0.6) is 0 Å². The summed E-state index contributed by atoms with van der Waals surface area (Å²) in [6, 6.07) is 10.1. The van der Waals surface area contributed by atoms with Gasteiger partial charge in [-0.2, -0.15) is 4.31 Å². The van der Waals surface area contributed by atoms with Gasteiger partial charge in [-0.1, -0.05) is 35.5 Å². The molecule has 0 unspecified atom stereocenters. The zero-order valence-electron chi connectivity index (χ0n) is 16.1. The Morgan fingerprint density at radius 3 is 2.50 bits per heavy atom. The molecule has 7 nitrogen and oxygen atoms in total. The first-order valence-electron chi connectivity index (χ1n) is 9.46. The van der Waals surface area contributed by atoms with E-state index in [4.69, 9.17) is 4.52 Å². The predicted molar refractivity (Wildman–Crippen MR) is 105 cm³/mol. The third-order valence-corrected chi connectivity index (χ3v) is 7.49. The predicted octanol–water partition coefficient (Wildman–Crippen LogP) is 3.26. The molecule has 4 rings (SSSR count). The van der Waals surface area contributed by atoms with Gasteiger partial charge in [0.2, 0.25) is 10.0 Å². The molecule has 8 heteroatoms. The van der Waals surface area contributed by atoms with Crippen molar-refractivity contribution in [1.82, 2.24) is 19.0 Å². The van der Waals surface area contributed by atoms with Crippen LogP contribution in [0.3, 0.4) is 0 Å². The summed E-state index contributed by atoms with van der Waals surface area (Å²) in [5.41, 5.74) is 1.51. The molecule has 0 radical (unpaired) electrons. The van der Waals surface area contributed by atoms with E-state index in [9.17, 15) is 8.42 Å². The van der Waals surface area contributed by atoms with Crippen molar-refractivity contribution in [3.8, 4) is 11.4 Å². The molecule has 1 aromatic carbocycles. The van der Waals surface area contributed by atoms with Crippen molar-refractivity contribution in [2.45, 2.75) is 38.1 Å². The average molecular weight is 401 g/mol. The summed E-state index contributed by atoms with van der Waals surface area (Å²) < 4.78 is 34.7. The number of hydrogen-bond donors (Lipinski definition) is 0. The Hall–Kier alpha value is -2.45. The Morgan fingerprint density at radius 2 is 1.86 bits per heavy atom.